The van der Waals surface area contributed by atoms with Crippen molar-refractivity contribution in [1.29, 1.82) is 0 Å². The molecule has 0 amide bonds. The van der Waals surface area contributed by atoms with Crippen LogP contribution >= 0.6 is 11.8 Å². The lowest BCUT2D eigenvalue weighted by molar-refractivity contribution is 0.511. The van der Waals surface area contributed by atoms with E-state index < -0.39 is 0 Å². The summed E-state index contributed by atoms with van der Waals surface area (Å²) in [7, 11) is 0. The zero-order valence-electron chi connectivity index (χ0n) is 11.5. The fraction of sp³-hybridized carbons (Fsp3) is 0.294. The molecule has 1 nitrogen and oxygen atoms in total. The maximum Gasteiger partial charge on any atom is 0.0294 e. The summed E-state index contributed by atoms with van der Waals surface area (Å²) in [5, 5.41) is 3.65. The van der Waals surface area contributed by atoms with Crippen molar-refractivity contribution < 1.29 is 0 Å². The Hall–Kier alpha value is -1.25. The van der Waals surface area contributed by atoms with Gasteiger partial charge >= 0.3 is 0 Å². The lowest BCUT2D eigenvalue weighted by atomic mass is 10.1. The highest BCUT2D eigenvalue weighted by Crippen LogP contribution is 2.19. The van der Waals surface area contributed by atoms with E-state index in [1.807, 2.05) is 11.8 Å². The molecule has 0 spiro atoms. The quantitative estimate of drug-likeness (QED) is 0.775. The molecule has 1 N–H and O–H groups in total. The standard InChI is InChI=1S/C17H21NS/c1-14(13-19-17-11-7-4-8-12-17)18-15(2)16-9-5-3-6-10-16/h3-12,14-15,18H,13H2,1-2H3/t14-,15+/m0/s1. The van der Waals surface area contributed by atoms with Crippen LogP contribution in [-0.2, 0) is 0 Å². The zero-order chi connectivity index (χ0) is 13.5. The normalized spacial score (nSPS) is 14.0. The van der Waals surface area contributed by atoms with Crippen LogP contribution < -0.4 is 5.32 Å². The Morgan fingerprint density at radius 3 is 2.11 bits per heavy atom. The topological polar surface area (TPSA) is 12.0 Å². The van der Waals surface area contributed by atoms with Crippen LogP contribution in [0.4, 0.5) is 0 Å². The second kappa shape index (κ2) is 7.37. The van der Waals surface area contributed by atoms with Gasteiger partial charge in [-0.1, -0.05) is 48.5 Å². The first-order valence-electron chi connectivity index (χ1n) is 6.74. The van der Waals surface area contributed by atoms with E-state index in [2.05, 4.69) is 79.8 Å². The van der Waals surface area contributed by atoms with Crippen molar-refractivity contribution in [3.05, 3.63) is 66.2 Å². The van der Waals surface area contributed by atoms with E-state index in [-0.39, 0.29) is 0 Å². The molecule has 0 bridgehead atoms. The maximum absolute atomic E-state index is 3.65. The second-order valence-electron chi connectivity index (χ2n) is 4.82. The van der Waals surface area contributed by atoms with Crippen molar-refractivity contribution >= 4 is 11.8 Å². The summed E-state index contributed by atoms with van der Waals surface area (Å²) in [6.07, 6.45) is 0. The van der Waals surface area contributed by atoms with E-state index >= 15 is 0 Å². The Labute approximate surface area is 120 Å². The van der Waals surface area contributed by atoms with Crippen LogP contribution in [0.5, 0.6) is 0 Å². The molecule has 0 aliphatic carbocycles. The van der Waals surface area contributed by atoms with Crippen LogP contribution in [0.25, 0.3) is 0 Å². The lowest BCUT2D eigenvalue weighted by Gasteiger charge is -2.20. The molecule has 0 heterocycles. The third-order valence-corrected chi connectivity index (χ3v) is 4.35. The highest BCUT2D eigenvalue weighted by Gasteiger charge is 2.09. The molecule has 2 atom stereocenters. The van der Waals surface area contributed by atoms with Crippen molar-refractivity contribution in [1.82, 2.24) is 5.32 Å². The molecule has 2 heteroatoms. The Balaban J connectivity index is 1.80. The van der Waals surface area contributed by atoms with Gasteiger partial charge in [-0.2, -0.15) is 0 Å². The first-order chi connectivity index (χ1) is 9.25. The van der Waals surface area contributed by atoms with Crippen LogP contribution in [0.2, 0.25) is 0 Å². The number of thioether (sulfide) groups is 1. The molecular formula is C17H21NS. The summed E-state index contributed by atoms with van der Waals surface area (Å²) >= 11 is 1.90. The van der Waals surface area contributed by atoms with E-state index in [0.717, 1.165) is 5.75 Å². The number of hydrogen-bond donors (Lipinski definition) is 1. The van der Waals surface area contributed by atoms with Crippen LogP contribution in [0, 0.1) is 0 Å². The van der Waals surface area contributed by atoms with Gasteiger partial charge < -0.3 is 5.32 Å². The number of benzene rings is 2. The Morgan fingerprint density at radius 1 is 0.895 bits per heavy atom. The van der Waals surface area contributed by atoms with E-state index in [9.17, 15) is 0 Å². The molecule has 0 radical (unpaired) electrons. The molecule has 0 aromatic heterocycles. The van der Waals surface area contributed by atoms with Gasteiger partial charge in [0, 0.05) is 22.7 Å². The van der Waals surface area contributed by atoms with Crippen molar-refractivity contribution in [2.24, 2.45) is 0 Å². The predicted octanol–water partition coefficient (Wildman–Crippen LogP) is 4.52. The summed E-state index contributed by atoms with van der Waals surface area (Å²) in [6, 6.07) is 22.1. The first kappa shape index (κ1) is 14.2. The summed E-state index contributed by atoms with van der Waals surface area (Å²) in [5.74, 6) is 1.08. The van der Waals surface area contributed by atoms with Gasteiger partial charge in [-0.3, -0.25) is 0 Å². The Morgan fingerprint density at radius 2 is 1.47 bits per heavy atom. The third-order valence-electron chi connectivity index (χ3n) is 3.08. The van der Waals surface area contributed by atoms with E-state index in [1.165, 1.54) is 10.5 Å². The average molecular weight is 271 g/mol. The third kappa shape index (κ3) is 4.73. The van der Waals surface area contributed by atoms with Gasteiger partial charge in [-0.25, -0.2) is 0 Å². The van der Waals surface area contributed by atoms with Crippen molar-refractivity contribution in [2.45, 2.75) is 30.8 Å². The van der Waals surface area contributed by atoms with Gasteiger partial charge in [0.05, 0.1) is 0 Å². The fourth-order valence-electron chi connectivity index (χ4n) is 2.05. The van der Waals surface area contributed by atoms with Crippen molar-refractivity contribution in [2.75, 3.05) is 5.75 Å². The highest BCUT2D eigenvalue weighted by atomic mass is 32.2. The SMILES string of the molecule is C[C@@H](CSc1ccccc1)N[C@H](C)c1ccccc1. The minimum atomic E-state index is 0.396. The van der Waals surface area contributed by atoms with Gasteiger partial charge in [0.1, 0.15) is 0 Å². The molecule has 0 aliphatic rings. The lowest BCUT2D eigenvalue weighted by Crippen LogP contribution is -2.30. The average Bonchev–Trinajstić information content (AvgIpc) is 2.47. The van der Waals surface area contributed by atoms with Gasteiger partial charge in [-0.15, -0.1) is 11.8 Å². The summed E-state index contributed by atoms with van der Waals surface area (Å²) < 4.78 is 0. The van der Waals surface area contributed by atoms with E-state index in [1.54, 1.807) is 0 Å². The summed E-state index contributed by atoms with van der Waals surface area (Å²) in [5.41, 5.74) is 1.35. The smallest absolute Gasteiger partial charge is 0.0294 e. The molecule has 2 aromatic rings. The molecule has 0 aliphatic heterocycles. The molecule has 0 fully saturated rings. The Kier molecular flexibility index (Phi) is 5.49. The molecule has 0 saturated carbocycles. The first-order valence-corrected chi connectivity index (χ1v) is 7.73. The van der Waals surface area contributed by atoms with Gasteiger partial charge in [0.2, 0.25) is 0 Å². The predicted molar refractivity (Wildman–Crippen MR) is 84.6 cm³/mol. The van der Waals surface area contributed by atoms with Crippen LogP contribution in [-0.4, -0.2) is 11.8 Å². The van der Waals surface area contributed by atoms with Crippen molar-refractivity contribution in [3.63, 3.8) is 0 Å². The second-order valence-corrected chi connectivity index (χ2v) is 5.92. The largest absolute Gasteiger partial charge is 0.307 e. The van der Waals surface area contributed by atoms with Gasteiger partial charge in [0.25, 0.3) is 0 Å². The zero-order valence-corrected chi connectivity index (χ0v) is 12.4. The molecule has 2 aromatic carbocycles. The Bertz CT molecular complexity index is 469. The van der Waals surface area contributed by atoms with Gasteiger partial charge in [-0.05, 0) is 31.5 Å². The molecule has 19 heavy (non-hydrogen) atoms. The number of nitrogens with one attached hydrogen (secondary N) is 1. The monoisotopic (exact) mass is 271 g/mol. The van der Waals surface area contributed by atoms with Crippen LogP contribution in [0.1, 0.15) is 25.5 Å². The molecule has 0 saturated heterocycles. The highest BCUT2D eigenvalue weighted by molar-refractivity contribution is 7.99. The van der Waals surface area contributed by atoms with E-state index in [0.29, 0.717) is 12.1 Å². The fourth-order valence-corrected chi connectivity index (χ4v) is 2.94. The van der Waals surface area contributed by atoms with E-state index in [4.69, 9.17) is 0 Å². The molecule has 2 rings (SSSR count). The molecular weight excluding hydrogens is 250 g/mol. The summed E-state index contributed by atoms with van der Waals surface area (Å²) in [4.78, 5) is 1.34. The van der Waals surface area contributed by atoms with Crippen LogP contribution in [0.3, 0.4) is 0 Å². The maximum atomic E-state index is 3.65. The number of rotatable bonds is 6. The summed E-state index contributed by atoms with van der Waals surface area (Å²) in [6.45, 7) is 4.47. The molecule has 0 unspecified atom stereocenters. The minimum Gasteiger partial charge on any atom is -0.307 e. The van der Waals surface area contributed by atoms with Gasteiger partial charge in [0.15, 0.2) is 0 Å². The number of hydrogen-bond acceptors (Lipinski definition) is 2. The minimum absolute atomic E-state index is 0.396. The molecule has 100 valence electrons. The van der Waals surface area contributed by atoms with Crippen molar-refractivity contribution in [3.8, 4) is 0 Å². The van der Waals surface area contributed by atoms with Crippen LogP contribution in [0.15, 0.2) is 65.6 Å².